The van der Waals surface area contributed by atoms with Crippen molar-refractivity contribution < 1.29 is 9.53 Å². The van der Waals surface area contributed by atoms with Gasteiger partial charge in [-0.3, -0.25) is 4.90 Å². The van der Waals surface area contributed by atoms with Crippen LogP contribution >= 0.6 is 11.8 Å². The lowest BCUT2D eigenvalue weighted by Crippen LogP contribution is -2.44. The van der Waals surface area contributed by atoms with Gasteiger partial charge in [0.15, 0.2) is 0 Å². The van der Waals surface area contributed by atoms with E-state index in [1.54, 1.807) is 35.3 Å². The maximum Gasteiger partial charge on any atom is 0.327 e. The predicted molar refractivity (Wildman–Crippen MR) is 96.9 cm³/mol. The molecule has 0 spiro atoms. The van der Waals surface area contributed by atoms with Crippen LogP contribution in [-0.2, 0) is 0 Å². The number of carbonyl (C=O) groups excluding carboxylic acids is 1. The van der Waals surface area contributed by atoms with Crippen LogP contribution in [0.15, 0.2) is 60.0 Å². The van der Waals surface area contributed by atoms with Crippen molar-refractivity contribution in [3.63, 3.8) is 0 Å². The molecule has 5 rings (SSSR count). The quantitative estimate of drug-likeness (QED) is 0.765. The Morgan fingerprint density at radius 2 is 1.92 bits per heavy atom. The van der Waals surface area contributed by atoms with Crippen molar-refractivity contribution in [1.29, 1.82) is 0 Å². The third-order valence-corrected chi connectivity index (χ3v) is 5.33. The van der Waals surface area contributed by atoms with Crippen LogP contribution in [0.25, 0.3) is 0 Å². The number of pyridine rings is 1. The van der Waals surface area contributed by atoms with Gasteiger partial charge in [0.25, 0.3) is 0 Å². The van der Waals surface area contributed by atoms with Gasteiger partial charge in [-0.05, 0) is 18.2 Å². The number of hydrogen-bond donors (Lipinski definition) is 1. The molecule has 2 aliphatic heterocycles. The summed E-state index contributed by atoms with van der Waals surface area (Å²) in [5.41, 5.74) is 2.46. The minimum absolute atomic E-state index is 0.00376. The van der Waals surface area contributed by atoms with E-state index in [1.165, 1.54) is 0 Å². The molecule has 2 aromatic heterocycles. The summed E-state index contributed by atoms with van der Waals surface area (Å²) < 4.78 is 5.61. The number of amides is 2. The lowest BCUT2D eigenvalue weighted by molar-refractivity contribution is 0.244. The van der Waals surface area contributed by atoms with E-state index in [1.807, 2.05) is 36.4 Å². The summed E-state index contributed by atoms with van der Waals surface area (Å²) in [6.07, 6.45) is 4.89. The molecule has 0 saturated heterocycles. The zero-order valence-electron chi connectivity index (χ0n) is 13.5. The van der Waals surface area contributed by atoms with Crippen LogP contribution in [0.1, 0.15) is 11.6 Å². The number of nitrogens with one attached hydrogen (secondary N) is 1. The first-order chi connectivity index (χ1) is 12.8. The molecule has 4 heterocycles. The third kappa shape index (κ3) is 2.46. The molecule has 7 nitrogen and oxygen atoms in total. The van der Waals surface area contributed by atoms with E-state index < -0.39 is 0 Å². The van der Waals surface area contributed by atoms with Crippen molar-refractivity contribution in [2.45, 2.75) is 11.1 Å². The molecule has 26 heavy (non-hydrogen) atoms. The summed E-state index contributed by atoms with van der Waals surface area (Å²) in [5, 5.41) is 3.98. The number of urea groups is 1. The molecule has 0 fully saturated rings. The van der Waals surface area contributed by atoms with E-state index in [9.17, 15) is 4.79 Å². The zero-order valence-corrected chi connectivity index (χ0v) is 14.3. The van der Waals surface area contributed by atoms with Crippen LogP contribution in [-0.4, -0.2) is 26.7 Å². The second kappa shape index (κ2) is 5.99. The van der Waals surface area contributed by atoms with E-state index >= 15 is 0 Å². The Labute approximate surface area is 153 Å². The maximum atomic E-state index is 12.6. The first-order valence-electron chi connectivity index (χ1n) is 8.07. The van der Waals surface area contributed by atoms with Gasteiger partial charge in [-0.1, -0.05) is 18.2 Å². The molecule has 128 valence electrons. The van der Waals surface area contributed by atoms with Gasteiger partial charge >= 0.3 is 12.0 Å². The highest BCUT2D eigenvalue weighted by molar-refractivity contribution is 7.99. The van der Waals surface area contributed by atoms with Gasteiger partial charge in [0.2, 0.25) is 0 Å². The van der Waals surface area contributed by atoms with Crippen LogP contribution in [0, 0.1) is 0 Å². The minimum Gasteiger partial charge on any atom is -0.424 e. The highest BCUT2D eigenvalue weighted by atomic mass is 32.2. The number of nitrogens with zero attached hydrogens (tertiary/aromatic N) is 4. The number of aromatic nitrogens is 3. The first kappa shape index (κ1) is 15.2. The number of carbonyl (C=O) groups is 1. The van der Waals surface area contributed by atoms with Crippen molar-refractivity contribution >= 4 is 29.2 Å². The van der Waals surface area contributed by atoms with Gasteiger partial charge in [-0.25, -0.2) is 19.7 Å². The molecule has 0 bridgehead atoms. The van der Waals surface area contributed by atoms with Crippen molar-refractivity contribution in [3.8, 4) is 11.8 Å². The average molecular weight is 363 g/mol. The van der Waals surface area contributed by atoms with Crippen molar-refractivity contribution in [2.24, 2.45) is 0 Å². The summed E-state index contributed by atoms with van der Waals surface area (Å²) in [6.45, 7) is 0. The smallest absolute Gasteiger partial charge is 0.327 e. The number of ether oxygens (including phenoxy) is 1. The number of anilines is 2. The van der Waals surface area contributed by atoms with E-state index in [2.05, 4.69) is 20.3 Å². The predicted octanol–water partition coefficient (Wildman–Crippen LogP) is 3.67. The van der Waals surface area contributed by atoms with E-state index in [-0.39, 0.29) is 18.1 Å². The van der Waals surface area contributed by atoms with Crippen LogP contribution in [0.4, 0.5) is 16.2 Å². The second-order valence-corrected chi connectivity index (χ2v) is 6.85. The highest BCUT2D eigenvalue weighted by Gasteiger charge is 2.37. The molecule has 1 aromatic carbocycles. The summed E-state index contributed by atoms with van der Waals surface area (Å²) in [6, 6.07) is 11.2. The molecule has 1 N–H and O–H groups in total. The molecule has 2 amide bonds. The molecule has 1 atom stereocenters. The summed E-state index contributed by atoms with van der Waals surface area (Å²) >= 11 is 1.65. The van der Waals surface area contributed by atoms with Gasteiger partial charge < -0.3 is 10.1 Å². The fraction of sp³-hybridized carbons (Fsp3) is 0.111. The monoisotopic (exact) mass is 363 g/mol. The Hall–Kier alpha value is -3.13. The Kier molecular flexibility index (Phi) is 3.49. The summed E-state index contributed by atoms with van der Waals surface area (Å²) in [4.78, 5) is 27.1. The molecule has 8 heteroatoms. The Morgan fingerprint density at radius 3 is 2.73 bits per heavy atom. The number of thioether (sulfide) groups is 1. The van der Waals surface area contributed by atoms with E-state index in [0.717, 1.165) is 22.0 Å². The van der Waals surface area contributed by atoms with Gasteiger partial charge in [0.1, 0.15) is 10.8 Å². The highest BCUT2D eigenvalue weighted by Crippen LogP contribution is 2.46. The number of rotatable bonds is 3. The van der Waals surface area contributed by atoms with Crippen LogP contribution < -0.4 is 15.0 Å². The molecule has 0 radical (unpaired) electrons. The first-order valence-corrected chi connectivity index (χ1v) is 9.05. The Balaban J connectivity index is 1.48. The number of hydrogen-bond acceptors (Lipinski definition) is 6. The lowest BCUT2D eigenvalue weighted by atomic mass is 10.1. The Bertz CT molecular complexity index is 981. The molecule has 3 aromatic rings. The molecular formula is C18H13N5O2S. The van der Waals surface area contributed by atoms with Crippen LogP contribution in [0.5, 0.6) is 11.8 Å². The van der Waals surface area contributed by atoms with Crippen LogP contribution in [0.2, 0.25) is 0 Å². The molecule has 2 aliphatic rings. The van der Waals surface area contributed by atoms with Gasteiger partial charge in [0, 0.05) is 17.5 Å². The number of benzene rings is 1. The normalized spacial score (nSPS) is 17.6. The number of para-hydroxylation sites is 1. The topological polar surface area (TPSA) is 80.2 Å². The second-order valence-electron chi connectivity index (χ2n) is 5.84. The fourth-order valence-electron chi connectivity index (χ4n) is 3.09. The lowest BCUT2D eigenvalue weighted by Gasteiger charge is -2.32. The zero-order chi connectivity index (χ0) is 17.5. The van der Waals surface area contributed by atoms with Crippen molar-refractivity contribution in [1.82, 2.24) is 20.3 Å². The van der Waals surface area contributed by atoms with E-state index in [0.29, 0.717) is 11.4 Å². The Morgan fingerprint density at radius 1 is 1.12 bits per heavy atom. The van der Waals surface area contributed by atoms with Crippen LogP contribution in [0.3, 0.4) is 0 Å². The van der Waals surface area contributed by atoms with Gasteiger partial charge in [-0.2, -0.15) is 0 Å². The maximum absolute atomic E-state index is 12.6. The van der Waals surface area contributed by atoms with E-state index in [4.69, 9.17) is 4.74 Å². The largest absolute Gasteiger partial charge is 0.424 e. The molecule has 0 aliphatic carbocycles. The fourth-order valence-corrected chi connectivity index (χ4v) is 4.20. The minimum atomic E-state index is -0.192. The summed E-state index contributed by atoms with van der Waals surface area (Å²) in [5.74, 6) is 1.46. The molecule has 1 unspecified atom stereocenters. The third-order valence-electron chi connectivity index (χ3n) is 4.23. The van der Waals surface area contributed by atoms with Crippen molar-refractivity contribution in [2.75, 3.05) is 10.7 Å². The average Bonchev–Trinajstić information content (AvgIpc) is 3.08. The standard InChI is InChI=1S/C18H13N5O2S/c24-18-22-13-10-26-16-15(13)14(6-7-19-16)23(18)11-8-20-17(21-9-11)25-12-4-2-1-3-5-12/h1-9,13H,10H2,(H,22,24). The molecular weight excluding hydrogens is 350 g/mol. The van der Waals surface area contributed by atoms with Gasteiger partial charge in [0.05, 0.1) is 29.8 Å². The SMILES string of the molecule is O=C1NC2CSc3nccc(c32)N1c1cnc(Oc2ccccc2)nc1. The van der Waals surface area contributed by atoms with Crippen molar-refractivity contribution in [3.05, 3.63) is 60.6 Å². The molecule has 0 saturated carbocycles. The summed E-state index contributed by atoms with van der Waals surface area (Å²) in [7, 11) is 0. The van der Waals surface area contributed by atoms with Gasteiger partial charge in [-0.15, -0.1) is 11.8 Å².